The van der Waals surface area contributed by atoms with Crippen LogP contribution in [-0.2, 0) is 4.74 Å². The zero-order valence-electron chi connectivity index (χ0n) is 13.8. The number of nitrogens with one attached hydrogen (secondary N) is 1. The van der Waals surface area contributed by atoms with Gasteiger partial charge in [0.1, 0.15) is 0 Å². The summed E-state index contributed by atoms with van der Waals surface area (Å²) in [6.07, 6.45) is 1.79. The van der Waals surface area contributed by atoms with E-state index in [1.807, 2.05) is 18.7 Å². The second-order valence-corrected chi connectivity index (χ2v) is 5.52. The Labute approximate surface area is 127 Å². The third kappa shape index (κ3) is 3.97. The lowest BCUT2D eigenvalue weighted by Gasteiger charge is -2.30. The van der Waals surface area contributed by atoms with Crippen molar-refractivity contribution in [1.82, 2.24) is 15.1 Å². The van der Waals surface area contributed by atoms with Crippen molar-refractivity contribution in [2.75, 3.05) is 26.0 Å². The molecule has 0 unspecified atom stereocenters. The van der Waals surface area contributed by atoms with Gasteiger partial charge in [0.2, 0.25) is 0 Å². The molecule has 3 N–H and O–H groups in total. The van der Waals surface area contributed by atoms with Crippen molar-refractivity contribution in [2.45, 2.75) is 52.5 Å². The Balaban J connectivity index is 3.04. The van der Waals surface area contributed by atoms with E-state index in [1.54, 1.807) is 7.11 Å². The van der Waals surface area contributed by atoms with Crippen molar-refractivity contribution in [3.8, 4) is 0 Å². The van der Waals surface area contributed by atoms with Crippen LogP contribution in [0.5, 0.6) is 0 Å². The van der Waals surface area contributed by atoms with Crippen LogP contribution in [0.4, 0.5) is 5.69 Å². The maximum absolute atomic E-state index is 12.8. The number of aromatic nitrogens is 2. The average Bonchev–Trinajstić information content (AvgIpc) is 2.84. The molecule has 0 fully saturated rings. The zero-order valence-corrected chi connectivity index (χ0v) is 13.8. The van der Waals surface area contributed by atoms with Crippen LogP contribution in [-0.4, -0.2) is 47.3 Å². The molecule has 1 aromatic rings. The molecule has 6 nitrogen and oxygen atoms in total. The Kier molecular flexibility index (Phi) is 6.68. The zero-order chi connectivity index (χ0) is 16.0. The SMILES string of the molecule is CCC(CC)N(CCOC)C(=O)c1n[nH]c(C(C)C)c1N. The molecule has 0 aliphatic carbocycles. The number of methoxy groups -OCH3 is 1. The molecular formula is C15H28N4O2. The molecule has 120 valence electrons. The summed E-state index contributed by atoms with van der Waals surface area (Å²) in [6, 6.07) is 0.172. The molecule has 0 bridgehead atoms. The first-order chi connectivity index (χ1) is 9.97. The van der Waals surface area contributed by atoms with Gasteiger partial charge >= 0.3 is 0 Å². The van der Waals surface area contributed by atoms with Crippen molar-refractivity contribution in [1.29, 1.82) is 0 Å². The molecular weight excluding hydrogens is 268 g/mol. The highest BCUT2D eigenvalue weighted by Crippen LogP contribution is 2.24. The number of hydrogen-bond donors (Lipinski definition) is 2. The van der Waals surface area contributed by atoms with Crippen molar-refractivity contribution in [2.24, 2.45) is 0 Å². The maximum atomic E-state index is 12.8. The van der Waals surface area contributed by atoms with E-state index in [2.05, 4.69) is 24.0 Å². The van der Waals surface area contributed by atoms with E-state index in [0.29, 0.717) is 24.5 Å². The van der Waals surface area contributed by atoms with Crippen molar-refractivity contribution in [3.63, 3.8) is 0 Å². The lowest BCUT2D eigenvalue weighted by molar-refractivity contribution is 0.0584. The van der Waals surface area contributed by atoms with E-state index in [-0.39, 0.29) is 17.9 Å². The molecule has 0 atom stereocenters. The molecule has 0 saturated carbocycles. The standard InChI is InChI=1S/C15H28N4O2/c1-6-11(7-2)19(8-9-21-5)15(20)14-12(16)13(10(3)4)17-18-14/h10-11H,6-9,16H2,1-5H3,(H,17,18). The molecule has 1 aromatic heterocycles. The quantitative estimate of drug-likeness (QED) is 0.771. The number of hydrogen-bond acceptors (Lipinski definition) is 4. The van der Waals surface area contributed by atoms with Crippen LogP contribution < -0.4 is 5.73 Å². The first-order valence-corrected chi connectivity index (χ1v) is 7.61. The van der Waals surface area contributed by atoms with E-state index in [0.717, 1.165) is 18.5 Å². The van der Waals surface area contributed by atoms with Crippen LogP contribution in [0.3, 0.4) is 0 Å². The largest absolute Gasteiger partial charge is 0.395 e. The highest BCUT2D eigenvalue weighted by Gasteiger charge is 2.27. The van der Waals surface area contributed by atoms with Gasteiger partial charge in [0.25, 0.3) is 5.91 Å². The van der Waals surface area contributed by atoms with E-state index >= 15 is 0 Å². The molecule has 6 heteroatoms. The van der Waals surface area contributed by atoms with Crippen LogP contribution in [0.2, 0.25) is 0 Å². The molecule has 0 aliphatic heterocycles. The molecule has 0 saturated heterocycles. The Hall–Kier alpha value is -1.56. The van der Waals surface area contributed by atoms with Gasteiger partial charge in [0.05, 0.1) is 18.0 Å². The molecule has 0 spiro atoms. The molecule has 1 amide bonds. The summed E-state index contributed by atoms with van der Waals surface area (Å²) in [4.78, 5) is 14.6. The number of rotatable bonds is 8. The molecule has 1 rings (SSSR count). The lowest BCUT2D eigenvalue weighted by Crippen LogP contribution is -2.42. The molecule has 0 radical (unpaired) electrons. The van der Waals surface area contributed by atoms with Gasteiger partial charge in [-0.2, -0.15) is 5.10 Å². The third-order valence-electron chi connectivity index (χ3n) is 3.79. The number of aromatic amines is 1. The van der Waals surface area contributed by atoms with Gasteiger partial charge in [-0.3, -0.25) is 9.89 Å². The number of nitrogen functional groups attached to an aromatic ring is 1. The normalized spacial score (nSPS) is 11.4. The number of nitrogens with zero attached hydrogens (tertiary/aromatic N) is 2. The first-order valence-electron chi connectivity index (χ1n) is 7.61. The first kappa shape index (κ1) is 17.5. The van der Waals surface area contributed by atoms with Crippen molar-refractivity contribution >= 4 is 11.6 Å². The molecule has 1 heterocycles. The second kappa shape index (κ2) is 8.02. The van der Waals surface area contributed by atoms with Crippen molar-refractivity contribution in [3.05, 3.63) is 11.4 Å². The van der Waals surface area contributed by atoms with Crippen molar-refractivity contribution < 1.29 is 9.53 Å². The number of H-pyrrole nitrogens is 1. The predicted octanol–water partition coefficient (Wildman–Crippen LogP) is 2.39. The summed E-state index contributed by atoms with van der Waals surface area (Å²) in [7, 11) is 1.63. The van der Waals surface area contributed by atoms with Crippen LogP contribution in [0.1, 0.15) is 62.6 Å². The van der Waals surface area contributed by atoms with Gasteiger partial charge in [-0.1, -0.05) is 27.7 Å². The summed E-state index contributed by atoms with van der Waals surface area (Å²) in [5.41, 5.74) is 7.68. The van der Waals surface area contributed by atoms with Gasteiger partial charge in [-0.05, 0) is 18.8 Å². The maximum Gasteiger partial charge on any atom is 0.276 e. The number of amides is 1. The van der Waals surface area contributed by atoms with E-state index in [4.69, 9.17) is 10.5 Å². The summed E-state index contributed by atoms with van der Waals surface area (Å²) in [5, 5.41) is 7.02. The number of carbonyl (C=O) groups excluding carboxylic acids is 1. The smallest absolute Gasteiger partial charge is 0.276 e. The molecule has 21 heavy (non-hydrogen) atoms. The fraction of sp³-hybridized carbons (Fsp3) is 0.733. The van der Waals surface area contributed by atoms with Crippen LogP contribution in [0.15, 0.2) is 0 Å². The van der Waals surface area contributed by atoms with E-state index in [9.17, 15) is 4.79 Å². The van der Waals surface area contributed by atoms with Gasteiger partial charge in [0, 0.05) is 19.7 Å². The highest BCUT2D eigenvalue weighted by molar-refractivity contribution is 5.97. The number of carbonyl (C=O) groups is 1. The topological polar surface area (TPSA) is 84.2 Å². The van der Waals surface area contributed by atoms with Gasteiger partial charge < -0.3 is 15.4 Å². The average molecular weight is 296 g/mol. The summed E-state index contributed by atoms with van der Waals surface area (Å²) in [5.74, 6) is 0.0843. The fourth-order valence-corrected chi connectivity index (χ4v) is 2.47. The Morgan fingerprint density at radius 3 is 2.43 bits per heavy atom. The summed E-state index contributed by atoms with van der Waals surface area (Å²) < 4.78 is 5.12. The Bertz CT molecular complexity index is 453. The van der Waals surface area contributed by atoms with Gasteiger partial charge in [-0.25, -0.2) is 0 Å². The van der Waals surface area contributed by atoms with Crippen LogP contribution >= 0.6 is 0 Å². The van der Waals surface area contributed by atoms with E-state index in [1.165, 1.54) is 0 Å². The molecule has 0 aliphatic rings. The minimum Gasteiger partial charge on any atom is -0.395 e. The fourth-order valence-electron chi connectivity index (χ4n) is 2.47. The molecule has 0 aromatic carbocycles. The van der Waals surface area contributed by atoms with Crippen LogP contribution in [0.25, 0.3) is 0 Å². The lowest BCUT2D eigenvalue weighted by atomic mass is 10.1. The highest BCUT2D eigenvalue weighted by atomic mass is 16.5. The summed E-state index contributed by atoms with van der Waals surface area (Å²) in [6.45, 7) is 9.24. The van der Waals surface area contributed by atoms with Gasteiger partial charge in [-0.15, -0.1) is 0 Å². The van der Waals surface area contributed by atoms with E-state index < -0.39 is 0 Å². The number of anilines is 1. The second-order valence-electron chi connectivity index (χ2n) is 5.52. The predicted molar refractivity (Wildman–Crippen MR) is 84.4 cm³/mol. The Morgan fingerprint density at radius 1 is 1.38 bits per heavy atom. The monoisotopic (exact) mass is 296 g/mol. The minimum atomic E-state index is -0.124. The number of nitrogens with two attached hydrogens (primary N) is 1. The Morgan fingerprint density at radius 2 is 2.00 bits per heavy atom. The summed E-state index contributed by atoms with van der Waals surface area (Å²) >= 11 is 0. The van der Waals surface area contributed by atoms with Gasteiger partial charge in [0.15, 0.2) is 5.69 Å². The minimum absolute atomic E-state index is 0.124. The number of ether oxygens (including phenoxy) is 1. The third-order valence-corrected chi connectivity index (χ3v) is 3.79. The van der Waals surface area contributed by atoms with Crippen LogP contribution in [0, 0.1) is 0 Å².